The number of carbonyl (C=O) groups is 1. The second-order valence-electron chi connectivity index (χ2n) is 10.3. The molecule has 0 atom stereocenters. The third kappa shape index (κ3) is 14.0. The van der Waals surface area contributed by atoms with Crippen LogP contribution >= 0.6 is 0 Å². The van der Waals surface area contributed by atoms with E-state index in [9.17, 15) is 4.79 Å². The van der Waals surface area contributed by atoms with Crippen LogP contribution in [0, 0.1) is 0 Å². The van der Waals surface area contributed by atoms with Crippen LogP contribution in [0.4, 0.5) is 17.1 Å². The number of hydrogen-bond donors (Lipinski definition) is 1. The maximum atomic E-state index is 10.9. The van der Waals surface area contributed by atoms with Gasteiger partial charge in [-0.05, 0) is 55.0 Å². The molecule has 0 saturated carbocycles. The van der Waals surface area contributed by atoms with Crippen molar-refractivity contribution in [3.8, 4) is 0 Å². The molecule has 2 aromatic rings. The number of carboxylic acids is 1. The molecule has 204 valence electrons. The number of hydrogen-bond acceptors (Lipinski definition) is 4. The minimum Gasteiger partial charge on any atom is -0.478 e. The third-order valence-electron chi connectivity index (χ3n) is 7.03. The first kappa shape index (κ1) is 30.5. The molecule has 0 saturated heterocycles. The van der Waals surface area contributed by atoms with Crippen molar-refractivity contribution in [2.45, 2.75) is 110 Å². The zero-order chi connectivity index (χ0) is 26.6. The zero-order valence-corrected chi connectivity index (χ0v) is 23.3. The highest BCUT2D eigenvalue weighted by molar-refractivity contribution is 5.87. The lowest BCUT2D eigenvalue weighted by molar-refractivity contribution is 0.0697. The summed E-state index contributed by atoms with van der Waals surface area (Å²) in [5, 5.41) is 17.4. The second kappa shape index (κ2) is 19.4. The van der Waals surface area contributed by atoms with Crippen molar-refractivity contribution < 1.29 is 9.90 Å². The number of nitrogens with zero attached hydrogens (tertiary/aromatic N) is 3. The molecule has 0 spiro atoms. The van der Waals surface area contributed by atoms with Crippen LogP contribution in [0.3, 0.4) is 0 Å². The molecule has 0 amide bonds. The van der Waals surface area contributed by atoms with E-state index in [2.05, 4.69) is 41.2 Å². The van der Waals surface area contributed by atoms with Gasteiger partial charge in [0.15, 0.2) is 0 Å². The lowest BCUT2D eigenvalue weighted by Crippen LogP contribution is -2.18. The standard InChI is InChI=1S/C32H49N3O2/c1-3-4-5-6-7-8-9-10-11-12-13-14-15-16-17-18-27-35(2)31-25-23-30(24-26-31)34-33-29-21-19-28(20-22-29)32(36)37/h19-26H,3-18,27H2,1-2H3,(H,36,37). The normalized spacial score (nSPS) is 11.3. The lowest BCUT2D eigenvalue weighted by Gasteiger charge is -2.19. The molecular formula is C32H49N3O2. The molecule has 5 heteroatoms. The summed E-state index contributed by atoms with van der Waals surface area (Å²) in [5.41, 5.74) is 2.85. The van der Waals surface area contributed by atoms with Gasteiger partial charge < -0.3 is 10.0 Å². The number of aromatic carboxylic acids is 1. The van der Waals surface area contributed by atoms with Crippen molar-refractivity contribution in [1.29, 1.82) is 0 Å². The molecule has 0 radical (unpaired) electrons. The number of unbranched alkanes of at least 4 members (excludes halogenated alkanes) is 15. The fourth-order valence-electron chi connectivity index (χ4n) is 4.59. The van der Waals surface area contributed by atoms with Gasteiger partial charge in [0.05, 0.1) is 16.9 Å². The second-order valence-corrected chi connectivity index (χ2v) is 10.3. The summed E-state index contributed by atoms with van der Waals surface area (Å²) in [6.45, 7) is 3.35. The fraction of sp³-hybridized carbons (Fsp3) is 0.594. The van der Waals surface area contributed by atoms with E-state index in [1.807, 2.05) is 12.1 Å². The van der Waals surface area contributed by atoms with Crippen molar-refractivity contribution in [2.75, 3.05) is 18.5 Å². The smallest absolute Gasteiger partial charge is 0.335 e. The van der Waals surface area contributed by atoms with Crippen LogP contribution in [0.1, 0.15) is 120 Å². The average Bonchev–Trinajstić information content (AvgIpc) is 2.92. The van der Waals surface area contributed by atoms with E-state index in [4.69, 9.17) is 5.11 Å². The Morgan fingerprint density at radius 3 is 1.41 bits per heavy atom. The minimum absolute atomic E-state index is 0.246. The molecule has 0 aliphatic heterocycles. The highest BCUT2D eigenvalue weighted by Crippen LogP contribution is 2.22. The first-order valence-corrected chi connectivity index (χ1v) is 14.7. The topological polar surface area (TPSA) is 65.3 Å². The van der Waals surface area contributed by atoms with E-state index >= 15 is 0 Å². The number of anilines is 1. The predicted molar refractivity (Wildman–Crippen MR) is 157 cm³/mol. The summed E-state index contributed by atoms with van der Waals surface area (Å²) in [6.07, 6.45) is 22.3. The number of carboxylic acid groups (broad SMARTS) is 1. The van der Waals surface area contributed by atoms with Gasteiger partial charge in [-0.2, -0.15) is 10.2 Å². The van der Waals surface area contributed by atoms with Gasteiger partial charge >= 0.3 is 5.97 Å². The van der Waals surface area contributed by atoms with Crippen LogP contribution < -0.4 is 4.90 Å². The molecule has 0 fully saturated rings. The zero-order valence-electron chi connectivity index (χ0n) is 23.3. The fourth-order valence-corrected chi connectivity index (χ4v) is 4.59. The van der Waals surface area contributed by atoms with E-state index in [0.717, 1.165) is 12.2 Å². The van der Waals surface area contributed by atoms with Crippen LogP contribution in [-0.4, -0.2) is 24.7 Å². The summed E-state index contributed by atoms with van der Waals surface area (Å²) in [5.74, 6) is -0.942. The molecule has 37 heavy (non-hydrogen) atoms. The Labute approximate surface area is 225 Å². The Kier molecular flexibility index (Phi) is 16.0. The first-order chi connectivity index (χ1) is 18.1. The van der Waals surface area contributed by atoms with E-state index in [1.165, 1.54) is 121 Å². The van der Waals surface area contributed by atoms with Crippen LogP contribution in [0.15, 0.2) is 58.8 Å². The third-order valence-corrected chi connectivity index (χ3v) is 7.03. The molecule has 5 nitrogen and oxygen atoms in total. The summed E-state index contributed by atoms with van der Waals surface area (Å²) < 4.78 is 0. The molecule has 0 bridgehead atoms. The predicted octanol–water partition coefficient (Wildman–Crippen LogP) is 10.5. The van der Waals surface area contributed by atoms with Gasteiger partial charge in [-0.3, -0.25) is 0 Å². The quantitative estimate of drug-likeness (QED) is 0.135. The lowest BCUT2D eigenvalue weighted by atomic mass is 10.0. The molecular weight excluding hydrogens is 458 g/mol. The van der Waals surface area contributed by atoms with Crippen LogP contribution in [0.2, 0.25) is 0 Å². The highest BCUT2D eigenvalue weighted by Gasteiger charge is 2.03. The van der Waals surface area contributed by atoms with Crippen LogP contribution in [0.25, 0.3) is 0 Å². The molecule has 2 aromatic carbocycles. The van der Waals surface area contributed by atoms with Crippen molar-refractivity contribution in [3.05, 3.63) is 54.1 Å². The van der Waals surface area contributed by atoms with Crippen LogP contribution in [-0.2, 0) is 0 Å². The number of rotatable bonds is 21. The average molecular weight is 508 g/mol. The Hall–Kier alpha value is -2.69. The van der Waals surface area contributed by atoms with Gasteiger partial charge in [0.2, 0.25) is 0 Å². The van der Waals surface area contributed by atoms with E-state index in [1.54, 1.807) is 12.1 Å². The van der Waals surface area contributed by atoms with Crippen molar-refractivity contribution in [3.63, 3.8) is 0 Å². The molecule has 0 aliphatic rings. The SMILES string of the molecule is CCCCCCCCCCCCCCCCCCN(C)c1ccc(N=Nc2ccc(C(=O)O)cc2)cc1. The van der Waals surface area contributed by atoms with Gasteiger partial charge in [0.25, 0.3) is 0 Å². The Balaban J connectivity index is 1.48. The van der Waals surface area contributed by atoms with Crippen molar-refractivity contribution in [1.82, 2.24) is 0 Å². The Bertz CT molecular complexity index is 878. The molecule has 2 rings (SSSR count). The minimum atomic E-state index is -0.942. The van der Waals surface area contributed by atoms with E-state index in [0.29, 0.717) is 5.69 Å². The van der Waals surface area contributed by atoms with Gasteiger partial charge in [0.1, 0.15) is 0 Å². The number of azo groups is 1. The summed E-state index contributed by atoms with van der Waals surface area (Å²) in [4.78, 5) is 13.2. The van der Waals surface area contributed by atoms with Crippen molar-refractivity contribution >= 4 is 23.0 Å². The maximum Gasteiger partial charge on any atom is 0.335 e. The maximum absolute atomic E-state index is 10.9. The number of benzene rings is 2. The summed E-state index contributed by atoms with van der Waals surface area (Å²) in [6, 6.07) is 14.5. The van der Waals surface area contributed by atoms with Gasteiger partial charge in [0, 0.05) is 19.3 Å². The summed E-state index contributed by atoms with van der Waals surface area (Å²) >= 11 is 0. The molecule has 0 heterocycles. The van der Waals surface area contributed by atoms with E-state index in [-0.39, 0.29) is 5.56 Å². The highest BCUT2D eigenvalue weighted by atomic mass is 16.4. The van der Waals surface area contributed by atoms with Gasteiger partial charge in [-0.1, -0.05) is 103 Å². The Morgan fingerprint density at radius 2 is 1.00 bits per heavy atom. The first-order valence-electron chi connectivity index (χ1n) is 14.7. The largest absolute Gasteiger partial charge is 0.478 e. The molecule has 0 unspecified atom stereocenters. The molecule has 0 aliphatic carbocycles. The van der Waals surface area contributed by atoms with Crippen molar-refractivity contribution in [2.24, 2.45) is 10.2 Å². The summed E-state index contributed by atoms with van der Waals surface area (Å²) in [7, 11) is 2.14. The monoisotopic (exact) mass is 507 g/mol. The van der Waals surface area contributed by atoms with Gasteiger partial charge in [-0.25, -0.2) is 4.79 Å². The Morgan fingerprint density at radius 1 is 0.622 bits per heavy atom. The molecule has 0 aromatic heterocycles. The van der Waals surface area contributed by atoms with Gasteiger partial charge in [-0.15, -0.1) is 0 Å². The molecule has 1 N–H and O–H groups in total. The van der Waals surface area contributed by atoms with E-state index < -0.39 is 5.97 Å². The van der Waals surface area contributed by atoms with Crippen LogP contribution in [0.5, 0.6) is 0 Å².